The number of aromatic nitrogens is 2. The van der Waals surface area contributed by atoms with Crippen LogP contribution in [0.5, 0.6) is 11.5 Å². The van der Waals surface area contributed by atoms with E-state index in [1.807, 2.05) is 17.5 Å². The molecule has 0 unspecified atom stereocenters. The fourth-order valence-corrected chi connectivity index (χ4v) is 4.92. The van der Waals surface area contributed by atoms with Crippen molar-refractivity contribution in [1.29, 1.82) is 0 Å². The lowest BCUT2D eigenvalue weighted by molar-refractivity contribution is 0.392. The molecule has 0 amide bonds. The predicted molar refractivity (Wildman–Crippen MR) is 125 cm³/mol. The summed E-state index contributed by atoms with van der Waals surface area (Å²) in [7, 11) is -0.990. The molecule has 10 heteroatoms. The number of hydrogen-bond acceptors (Lipinski definition) is 8. The molecule has 0 fully saturated rings. The highest BCUT2D eigenvalue weighted by atomic mass is 32.2. The summed E-state index contributed by atoms with van der Waals surface area (Å²) in [5.41, 5.74) is 3.04. The van der Waals surface area contributed by atoms with Gasteiger partial charge in [0.15, 0.2) is 5.13 Å². The number of nitrogens with one attached hydrogen (secondary N) is 2. The van der Waals surface area contributed by atoms with Gasteiger partial charge in [0.05, 0.1) is 19.9 Å². The van der Waals surface area contributed by atoms with Crippen LogP contribution >= 0.6 is 11.3 Å². The molecule has 2 heterocycles. The molecule has 2 N–H and O–H groups in total. The van der Waals surface area contributed by atoms with Gasteiger partial charge in [-0.3, -0.25) is 9.71 Å². The molecular formula is C22H20N4O4S2. The molecule has 0 aliphatic carbocycles. The summed E-state index contributed by atoms with van der Waals surface area (Å²) in [6, 6.07) is 15.3. The topological polar surface area (TPSA) is 102 Å². The minimum atomic E-state index is -3.88. The Bertz CT molecular complexity index is 1310. The van der Waals surface area contributed by atoms with Crippen molar-refractivity contribution in [3.63, 3.8) is 0 Å². The lowest BCUT2D eigenvalue weighted by Crippen LogP contribution is -2.14. The van der Waals surface area contributed by atoms with E-state index >= 15 is 0 Å². The number of benzene rings is 2. The van der Waals surface area contributed by atoms with Gasteiger partial charge in [0, 0.05) is 40.8 Å². The molecule has 0 bridgehead atoms. The summed E-state index contributed by atoms with van der Waals surface area (Å²) in [5, 5.41) is 5.92. The zero-order valence-electron chi connectivity index (χ0n) is 17.3. The maximum absolute atomic E-state index is 12.9. The first-order valence-corrected chi connectivity index (χ1v) is 11.8. The van der Waals surface area contributed by atoms with E-state index < -0.39 is 10.0 Å². The van der Waals surface area contributed by atoms with E-state index in [4.69, 9.17) is 9.47 Å². The molecule has 0 aliphatic rings. The standard InChI is InChI=1S/C22H20N4O4S2/c1-29-18-7-8-20(30-2)21(13-18)32(27,28)26-17-5-3-16(4-6-17)24-22-25-19(14-31-22)15-9-11-23-12-10-15/h3-14,26H,1-2H3,(H,24,25). The third-order valence-electron chi connectivity index (χ3n) is 4.53. The fraction of sp³-hybridized carbons (Fsp3) is 0.0909. The highest BCUT2D eigenvalue weighted by molar-refractivity contribution is 7.92. The number of pyridine rings is 1. The van der Waals surface area contributed by atoms with Crippen molar-refractivity contribution in [1.82, 2.24) is 9.97 Å². The predicted octanol–water partition coefficient (Wildman–Crippen LogP) is 4.77. The van der Waals surface area contributed by atoms with Gasteiger partial charge < -0.3 is 14.8 Å². The van der Waals surface area contributed by atoms with E-state index in [1.165, 1.54) is 31.6 Å². The highest BCUT2D eigenvalue weighted by Gasteiger charge is 2.21. The van der Waals surface area contributed by atoms with Crippen LogP contribution in [0.3, 0.4) is 0 Å². The van der Waals surface area contributed by atoms with Crippen LogP contribution in [-0.2, 0) is 10.0 Å². The molecule has 0 saturated heterocycles. The molecule has 0 radical (unpaired) electrons. The molecule has 0 aliphatic heterocycles. The van der Waals surface area contributed by atoms with Crippen molar-refractivity contribution < 1.29 is 17.9 Å². The smallest absolute Gasteiger partial charge is 0.265 e. The quantitative estimate of drug-likeness (QED) is 0.384. The lowest BCUT2D eigenvalue weighted by Gasteiger charge is -2.13. The number of hydrogen-bond donors (Lipinski definition) is 2. The van der Waals surface area contributed by atoms with Gasteiger partial charge in [0.1, 0.15) is 16.4 Å². The van der Waals surface area contributed by atoms with E-state index in [1.54, 1.807) is 48.8 Å². The molecule has 0 atom stereocenters. The first kappa shape index (κ1) is 21.6. The van der Waals surface area contributed by atoms with Gasteiger partial charge in [-0.1, -0.05) is 0 Å². The molecule has 32 heavy (non-hydrogen) atoms. The zero-order valence-corrected chi connectivity index (χ0v) is 18.9. The number of nitrogens with zero attached hydrogens (tertiary/aromatic N) is 2. The number of anilines is 3. The van der Waals surface area contributed by atoms with Crippen LogP contribution in [0.4, 0.5) is 16.5 Å². The maximum Gasteiger partial charge on any atom is 0.265 e. The summed E-state index contributed by atoms with van der Waals surface area (Å²) in [4.78, 5) is 8.58. The number of rotatable bonds is 8. The van der Waals surface area contributed by atoms with Gasteiger partial charge in [0.2, 0.25) is 0 Å². The number of ether oxygens (including phenoxy) is 2. The fourth-order valence-electron chi connectivity index (χ4n) is 2.94. The Morgan fingerprint density at radius 2 is 1.62 bits per heavy atom. The summed E-state index contributed by atoms with van der Waals surface area (Å²) in [5.74, 6) is 0.644. The van der Waals surface area contributed by atoms with Crippen LogP contribution in [0.25, 0.3) is 11.3 Å². The molecular weight excluding hydrogens is 448 g/mol. The monoisotopic (exact) mass is 468 g/mol. The molecule has 2 aromatic carbocycles. The second-order valence-electron chi connectivity index (χ2n) is 6.60. The Morgan fingerprint density at radius 3 is 2.31 bits per heavy atom. The summed E-state index contributed by atoms with van der Waals surface area (Å²) in [6.07, 6.45) is 3.45. The first-order valence-electron chi connectivity index (χ1n) is 9.46. The molecule has 4 aromatic rings. The van der Waals surface area contributed by atoms with Crippen molar-refractivity contribution in [3.05, 3.63) is 72.4 Å². The van der Waals surface area contributed by atoms with Crippen LogP contribution in [0.2, 0.25) is 0 Å². The number of thiazole rings is 1. The van der Waals surface area contributed by atoms with Gasteiger partial charge in [-0.2, -0.15) is 0 Å². The molecule has 8 nitrogen and oxygen atoms in total. The third-order valence-corrected chi connectivity index (χ3v) is 6.69. The van der Waals surface area contributed by atoms with Crippen molar-refractivity contribution in [2.24, 2.45) is 0 Å². The molecule has 0 saturated carbocycles. The molecule has 0 spiro atoms. The molecule has 164 valence electrons. The minimum absolute atomic E-state index is 0.00650. The van der Waals surface area contributed by atoms with Gasteiger partial charge in [-0.15, -0.1) is 11.3 Å². The Kier molecular flexibility index (Phi) is 6.24. The summed E-state index contributed by atoms with van der Waals surface area (Å²) in [6.45, 7) is 0. The summed E-state index contributed by atoms with van der Waals surface area (Å²) >= 11 is 1.48. The first-order chi connectivity index (χ1) is 15.5. The minimum Gasteiger partial charge on any atom is -0.497 e. The Morgan fingerprint density at radius 1 is 0.906 bits per heavy atom. The molecule has 4 rings (SSSR count). The van der Waals surface area contributed by atoms with E-state index in [9.17, 15) is 8.42 Å². The second-order valence-corrected chi connectivity index (χ2v) is 9.11. The normalized spacial score (nSPS) is 11.1. The van der Waals surface area contributed by atoms with Crippen molar-refractivity contribution in [2.45, 2.75) is 4.90 Å². The third kappa shape index (κ3) is 4.82. The van der Waals surface area contributed by atoms with Gasteiger partial charge >= 0.3 is 0 Å². The lowest BCUT2D eigenvalue weighted by atomic mass is 10.2. The number of methoxy groups -OCH3 is 2. The second kappa shape index (κ2) is 9.25. The van der Waals surface area contributed by atoms with E-state index in [2.05, 4.69) is 20.0 Å². The average Bonchev–Trinajstić information content (AvgIpc) is 3.29. The molecule has 2 aromatic heterocycles. The van der Waals surface area contributed by atoms with E-state index in [0.29, 0.717) is 11.4 Å². The summed E-state index contributed by atoms with van der Waals surface area (Å²) < 4.78 is 38.7. The average molecular weight is 469 g/mol. The van der Waals surface area contributed by atoms with Crippen molar-refractivity contribution >= 4 is 37.9 Å². The van der Waals surface area contributed by atoms with Crippen LogP contribution in [0.1, 0.15) is 0 Å². The van der Waals surface area contributed by atoms with Crippen molar-refractivity contribution in [3.8, 4) is 22.8 Å². The van der Waals surface area contributed by atoms with E-state index in [-0.39, 0.29) is 10.6 Å². The Hall–Kier alpha value is -3.63. The van der Waals surface area contributed by atoms with Crippen LogP contribution in [-0.4, -0.2) is 32.6 Å². The Balaban J connectivity index is 1.48. The highest BCUT2D eigenvalue weighted by Crippen LogP contribution is 2.31. The largest absolute Gasteiger partial charge is 0.497 e. The zero-order chi connectivity index (χ0) is 22.6. The van der Waals surface area contributed by atoms with Crippen LogP contribution < -0.4 is 19.5 Å². The SMILES string of the molecule is COc1ccc(OC)c(S(=O)(=O)Nc2ccc(Nc3nc(-c4ccncc4)cs3)cc2)c1. The van der Waals surface area contributed by atoms with Gasteiger partial charge in [0.25, 0.3) is 10.0 Å². The van der Waals surface area contributed by atoms with Crippen LogP contribution in [0.15, 0.2) is 77.3 Å². The van der Waals surface area contributed by atoms with Crippen molar-refractivity contribution in [2.75, 3.05) is 24.3 Å². The van der Waals surface area contributed by atoms with Gasteiger partial charge in [-0.25, -0.2) is 13.4 Å². The van der Waals surface area contributed by atoms with E-state index in [0.717, 1.165) is 22.1 Å². The van der Waals surface area contributed by atoms with Crippen LogP contribution in [0, 0.1) is 0 Å². The Labute approximate surface area is 189 Å². The maximum atomic E-state index is 12.9. The number of sulfonamides is 1. The van der Waals surface area contributed by atoms with Gasteiger partial charge in [-0.05, 0) is 48.5 Å².